The second-order valence-corrected chi connectivity index (χ2v) is 7.23. The molecule has 0 atom stereocenters. The van der Waals surface area contributed by atoms with E-state index in [4.69, 9.17) is 4.42 Å². The standard InChI is InChI=1S/C18H16FNO3S/c19-16-8-4-10-18(12-16)24(21,22)20(14-17-9-5-11-23-17)13-15-6-2-1-3-7-15/h1-12H,13-14H2. The minimum absolute atomic E-state index is 0.0702. The van der Waals surface area contributed by atoms with Gasteiger partial charge in [-0.1, -0.05) is 36.4 Å². The average Bonchev–Trinajstić information content (AvgIpc) is 3.08. The Morgan fingerprint density at radius 2 is 1.71 bits per heavy atom. The van der Waals surface area contributed by atoms with Gasteiger partial charge >= 0.3 is 0 Å². The molecule has 0 saturated heterocycles. The smallest absolute Gasteiger partial charge is 0.243 e. The quantitative estimate of drug-likeness (QED) is 0.683. The molecule has 24 heavy (non-hydrogen) atoms. The normalized spacial score (nSPS) is 11.8. The Kier molecular flexibility index (Phi) is 4.78. The highest BCUT2D eigenvalue weighted by Crippen LogP contribution is 2.22. The van der Waals surface area contributed by atoms with Crippen LogP contribution in [0.2, 0.25) is 0 Å². The van der Waals surface area contributed by atoms with Gasteiger partial charge in [0.15, 0.2) is 0 Å². The van der Waals surface area contributed by atoms with Gasteiger partial charge in [-0.2, -0.15) is 4.31 Å². The minimum atomic E-state index is -3.86. The van der Waals surface area contributed by atoms with Crippen molar-refractivity contribution in [1.29, 1.82) is 0 Å². The van der Waals surface area contributed by atoms with Gasteiger partial charge in [0.05, 0.1) is 17.7 Å². The van der Waals surface area contributed by atoms with Gasteiger partial charge in [0.1, 0.15) is 11.6 Å². The summed E-state index contributed by atoms with van der Waals surface area (Å²) in [5.41, 5.74) is 0.837. The summed E-state index contributed by atoms with van der Waals surface area (Å²) in [5, 5.41) is 0. The van der Waals surface area contributed by atoms with Gasteiger partial charge in [-0.25, -0.2) is 12.8 Å². The van der Waals surface area contributed by atoms with Crippen molar-refractivity contribution in [2.75, 3.05) is 0 Å². The molecule has 6 heteroatoms. The molecule has 0 bridgehead atoms. The van der Waals surface area contributed by atoms with E-state index in [9.17, 15) is 12.8 Å². The first kappa shape index (κ1) is 16.4. The molecule has 0 aliphatic carbocycles. The highest BCUT2D eigenvalue weighted by Gasteiger charge is 2.26. The minimum Gasteiger partial charge on any atom is -0.468 e. The van der Waals surface area contributed by atoms with E-state index in [0.717, 1.165) is 11.6 Å². The molecule has 124 valence electrons. The van der Waals surface area contributed by atoms with Crippen molar-refractivity contribution in [1.82, 2.24) is 4.31 Å². The molecule has 1 aromatic heterocycles. The number of rotatable bonds is 6. The van der Waals surface area contributed by atoms with Crippen LogP contribution in [-0.2, 0) is 23.1 Å². The van der Waals surface area contributed by atoms with Crippen LogP contribution < -0.4 is 0 Å². The summed E-state index contributed by atoms with van der Waals surface area (Å²) in [4.78, 5) is -0.0787. The predicted molar refractivity (Wildman–Crippen MR) is 88.0 cm³/mol. The summed E-state index contributed by atoms with van der Waals surface area (Å²) in [7, 11) is -3.86. The van der Waals surface area contributed by atoms with Crippen molar-refractivity contribution < 1.29 is 17.2 Å². The average molecular weight is 345 g/mol. The molecule has 0 N–H and O–H groups in total. The van der Waals surface area contributed by atoms with Crippen molar-refractivity contribution >= 4 is 10.0 Å². The lowest BCUT2D eigenvalue weighted by Gasteiger charge is -2.21. The first-order chi connectivity index (χ1) is 11.6. The lowest BCUT2D eigenvalue weighted by molar-refractivity contribution is 0.358. The molecule has 0 saturated carbocycles. The van der Waals surface area contributed by atoms with Crippen LogP contribution in [0.4, 0.5) is 4.39 Å². The summed E-state index contributed by atoms with van der Waals surface area (Å²) >= 11 is 0. The topological polar surface area (TPSA) is 50.5 Å². The molecule has 4 nitrogen and oxygen atoms in total. The van der Waals surface area contributed by atoms with Gasteiger partial charge in [0.25, 0.3) is 0 Å². The molecule has 2 aromatic carbocycles. The van der Waals surface area contributed by atoms with Crippen LogP contribution in [0, 0.1) is 5.82 Å². The molecule has 1 heterocycles. The molecular weight excluding hydrogens is 329 g/mol. The van der Waals surface area contributed by atoms with Crippen LogP contribution >= 0.6 is 0 Å². The molecule has 0 amide bonds. The van der Waals surface area contributed by atoms with Crippen molar-refractivity contribution in [3.05, 3.63) is 90.1 Å². The van der Waals surface area contributed by atoms with Crippen LogP contribution in [0.25, 0.3) is 0 Å². The lowest BCUT2D eigenvalue weighted by atomic mass is 10.2. The van der Waals surface area contributed by atoms with E-state index < -0.39 is 15.8 Å². The fourth-order valence-electron chi connectivity index (χ4n) is 2.37. The molecule has 0 aliphatic heterocycles. The summed E-state index contributed by atoms with van der Waals surface area (Å²) in [6, 6.07) is 17.7. The lowest BCUT2D eigenvalue weighted by Crippen LogP contribution is -2.30. The van der Waals surface area contributed by atoms with Crippen molar-refractivity contribution in [2.24, 2.45) is 0 Å². The second-order valence-electron chi connectivity index (χ2n) is 5.30. The van der Waals surface area contributed by atoms with Gasteiger partial charge in [-0.15, -0.1) is 0 Å². The monoisotopic (exact) mass is 345 g/mol. The van der Waals surface area contributed by atoms with Gasteiger partial charge in [0.2, 0.25) is 10.0 Å². The molecule has 3 rings (SSSR count). The number of furan rings is 1. The van der Waals surface area contributed by atoms with E-state index in [1.165, 1.54) is 28.8 Å². The van der Waals surface area contributed by atoms with Gasteiger partial charge in [-0.05, 0) is 35.9 Å². The molecule has 0 unspecified atom stereocenters. The van der Waals surface area contributed by atoms with Gasteiger partial charge in [-0.3, -0.25) is 0 Å². The van der Waals surface area contributed by atoms with E-state index in [-0.39, 0.29) is 18.0 Å². The van der Waals surface area contributed by atoms with Crippen LogP contribution in [0.1, 0.15) is 11.3 Å². The Bertz CT molecular complexity index is 893. The molecule has 0 aliphatic rings. The van der Waals surface area contributed by atoms with Crippen molar-refractivity contribution in [3.8, 4) is 0 Å². The first-order valence-corrected chi connectivity index (χ1v) is 8.82. The molecule has 0 radical (unpaired) electrons. The summed E-state index contributed by atoms with van der Waals surface area (Å²) in [6.07, 6.45) is 1.49. The highest BCUT2D eigenvalue weighted by molar-refractivity contribution is 7.89. The zero-order valence-electron chi connectivity index (χ0n) is 12.8. The maximum Gasteiger partial charge on any atom is 0.243 e. The number of hydrogen-bond donors (Lipinski definition) is 0. The fraction of sp³-hybridized carbons (Fsp3) is 0.111. The number of halogens is 1. The predicted octanol–water partition coefficient (Wildman–Crippen LogP) is 3.81. The third-order valence-corrected chi connectivity index (χ3v) is 5.34. The third-order valence-electron chi connectivity index (χ3n) is 3.55. The van der Waals surface area contributed by atoms with Crippen molar-refractivity contribution in [2.45, 2.75) is 18.0 Å². The number of hydrogen-bond acceptors (Lipinski definition) is 3. The van der Waals surface area contributed by atoms with E-state index in [1.807, 2.05) is 30.3 Å². The Morgan fingerprint density at radius 3 is 2.38 bits per heavy atom. The second kappa shape index (κ2) is 6.98. The summed E-state index contributed by atoms with van der Waals surface area (Å²) in [6.45, 7) is 0.237. The fourth-order valence-corrected chi connectivity index (χ4v) is 3.79. The zero-order chi connectivity index (χ0) is 17.0. The van der Waals surface area contributed by atoms with E-state index >= 15 is 0 Å². The van der Waals surface area contributed by atoms with Crippen LogP contribution in [-0.4, -0.2) is 12.7 Å². The Labute approximate surface area is 140 Å². The highest BCUT2D eigenvalue weighted by atomic mass is 32.2. The largest absolute Gasteiger partial charge is 0.468 e. The SMILES string of the molecule is O=S(=O)(c1cccc(F)c1)N(Cc1ccccc1)Cc1ccco1. The Balaban J connectivity index is 1.96. The Morgan fingerprint density at radius 1 is 0.917 bits per heavy atom. The van der Waals surface area contributed by atoms with Crippen molar-refractivity contribution in [3.63, 3.8) is 0 Å². The summed E-state index contributed by atoms with van der Waals surface area (Å²) < 4.78 is 45.9. The summed E-state index contributed by atoms with van der Waals surface area (Å²) in [5.74, 6) is -0.0698. The van der Waals surface area contributed by atoms with Crippen LogP contribution in [0.15, 0.2) is 82.3 Å². The maximum atomic E-state index is 13.5. The number of nitrogens with zero attached hydrogens (tertiary/aromatic N) is 1. The molecule has 0 spiro atoms. The number of benzene rings is 2. The van der Waals surface area contributed by atoms with Gasteiger partial charge < -0.3 is 4.42 Å². The van der Waals surface area contributed by atoms with Crippen LogP contribution in [0.3, 0.4) is 0 Å². The van der Waals surface area contributed by atoms with Gasteiger partial charge in [0, 0.05) is 6.54 Å². The van der Waals surface area contributed by atoms with E-state index in [2.05, 4.69) is 0 Å². The molecular formula is C18H16FNO3S. The number of sulfonamides is 1. The van der Waals surface area contributed by atoms with Crippen LogP contribution in [0.5, 0.6) is 0 Å². The Hall–Kier alpha value is -2.44. The maximum absolute atomic E-state index is 13.5. The zero-order valence-corrected chi connectivity index (χ0v) is 13.6. The van der Waals surface area contributed by atoms with E-state index in [0.29, 0.717) is 5.76 Å². The molecule has 0 fully saturated rings. The first-order valence-electron chi connectivity index (χ1n) is 7.38. The molecule has 3 aromatic rings. The van der Waals surface area contributed by atoms with E-state index in [1.54, 1.807) is 12.1 Å². The third kappa shape index (κ3) is 3.72.